The number of nitrogens with two attached hydrogens (primary N) is 1. The maximum atomic E-state index is 13.5. The summed E-state index contributed by atoms with van der Waals surface area (Å²) < 4.78 is 13.5. The van der Waals surface area contributed by atoms with Gasteiger partial charge in [0.25, 0.3) is 0 Å². The first-order valence-electron chi connectivity index (χ1n) is 5.39. The molecule has 0 radical (unpaired) electrons. The minimum Gasteiger partial charge on any atom is -0.330 e. The molecule has 1 nitrogen and oxygen atoms in total. The van der Waals surface area contributed by atoms with Crippen LogP contribution >= 0.6 is 11.8 Å². The summed E-state index contributed by atoms with van der Waals surface area (Å²) in [7, 11) is 0. The second kappa shape index (κ2) is 6.85. The molecule has 0 saturated heterocycles. The predicted molar refractivity (Wildman–Crippen MR) is 64.8 cm³/mol. The first-order valence-corrected chi connectivity index (χ1v) is 6.38. The smallest absolute Gasteiger partial charge is 0.137 e. The molecule has 1 rings (SSSR count). The molecule has 0 aliphatic heterocycles. The van der Waals surface area contributed by atoms with Crippen molar-refractivity contribution in [1.82, 2.24) is 0 Å². The lowest BCUT2D eigenvalue weighted by atomic mass is 10.1. The molecule has 0 amide bonds. The summed E-state index contributed by atoms with van der Waals surface area (Å²) in [5.41, 5.74) is 6.54. The molecule has 0 aromatic heterocycles. The first-order chi connectivity index (χ1) is 7.29. The Hall–Kier alpha value is -0.540. The third-order valence-corrected chi connectivity index (χ3v) is 3.45. The Morgan fingerprint density at radius 1 is 1.40 bits per heavy atom. The molecule has 0 aliphatic carbocycles. The van der Waals surface area contributed by atoms with Gasteiger partial charge in [0.05, 0.1) is 0 Å². The number of benzene rings is 1. The van der Waals surface area contributed by atoms with Crippen molar-refractivity contribution in [3.8, 4) is 0 Å². The topological polar surface area (TPSA) is 26.0 Å². The lowest BCUT2D eigenvalue weighted by molar-refractivity contribution is 0.596. The van der Waals surface area contributed by atoms with E-state index in [1.54, 1.807) is 17.8 Å². The second-order valence-corrected chi connectivity index (χ2v) is 4.57. The lowest BCUT2D eigenvalue weighted by Gasteiger charge is -2.08. The Bertz CT molecular complexity index is 302. The van der Waals surface area contributed by atoms with Crippen molar-refractivity contribution in [2.24, 2.45) is 5.73 Å². The van der Waals surface area contributed by atoms with Gasteiger partial charge in [0.2, 0.25) is 0 Å². The van der Waals surface area contributed by atoms with Crippen LogP contribution in [0.5, 0.6) is 0 Å². The molecule has 0 bridgehead atoms. The van der Waals surface area contributed by atoms with Crippen LogP contribution in [0.25, 0.3) is 0 Å². The van der Waals surface area contributed by atoms with Crippen molar-refractivity contribution in [2.75, 3.05) is 12.3 Å². The summed E-state index contributed by atoms with van der Waals surface area (Å²) in [5, 5.41) is 0. The summed E-state index contributed by atoms with van der Waals surface area (Å²) in [6, 6.07) is 5.24. The van der Waals surface area contributed by atoms with Crippen LogP contribution in [0.15, 0.2) is 23.1 Å². The fraction of sp³-hybridized carbons (Fsp3) is 0.500. The molecular formula is C12H18FNS. The van der Waals surface area contributed by atoms with E-state index in [4.69, 9.17) is 5.73 Å². The van der Waals surface area contributed by atoms with E-state index in [0.717, 1.165) is 35.5 Å². The van der Waals surface area contributed by atoms with Gasteiger partial charge in [-0.1, -0.05) is 25.5 Å². The van der Waals surface area contributed by atoms with Crippen LogP contribution in [-0.2, 0) is 6.42 Å². The van der Waals surface area contributed by atoms with Crippen LogP contribution in [0.4, 0.5) is 4.39 Å². The molecule has 0 spiro atoms. The van der Waals surface area contributed by atoms with E-state index in [1.165, 1.54) is 6.07 Å². The number of thioether (sulfide) groups is 1. The number of unbranched alkanes of at least 4 members (excludes halogenated alkanes) is 1. The van der Waals surface area contributed by atoms with E-state index in [0.29, 0.717) is 6.54 Å². The molecule has 1 aromatic carbocycles. The average molecular weight is 227 g/mol. The fourth-order valence-corrected chi connectivity index (χ4v) is 2.58. The number of hydrogen-bond donors (Lipinski definition) is 1. The van der Waals surface area contributed by atoms with Crippen LogP contribution in [-0.4, -0.2) is 12.3 Å². The maximum absolute atomic E-state index is 13.5. The predicted octanol–water partition coefficient (Wildman–Crippen LogP) is 3.22. The third-order valence-electron chi connectivity index (χ3n) is 2.21. The molecule has 0 heterocycles. The van der Waals surface area contributed by atoms with Crippen molar-refractivity contribution in [2.45, 2.75) is 31.1 Å². The number of hydrogen-bond acceptors (Lipinski definition) is 2. The SMILES string of the molecule is CCCCSc1c(F)cccc1CCN. The highest BCUT2D eigenvalue weighted by molar-refractivity contribution is 7.99. The molecule has 0 atom stereocenters. The minimum absolute atomic E-state index is 0.109. The molecule has 3 heteroatoms. The fourth-order valence-electron chi connectivity index (χ4n) is 1.39. The van der Waals surface area contributed by atoms with Gasteiger partial charge < -0.3 is 5.73 Å². The number of halogens is 1. The van der Waals surface area contributed by atoms with E-state index in [-0.39, 0.29) is 5.82 Å². The summed E-state index contributed by atoms with van der Waals surface area (Å²) in [6.07, 6.45) is 3.03. The highest BCUT2D eigenvalue weighted by Crippen LogP contribution is 2.27. The minimum atomic E-state index is -0.109. The van der Waals surface area contributed by atoms with Crippen molar-refractivity contribution in [1.29, 1.82) is 0 Å². The molecule has 0 fully saturated rings. The molecule has 15 heavy (non-hydrogen) atoms. The van der Waals surface area contributed by atoms with Gasteiger partial charge in [0, 0.05) is 4.90 Å². The van der Waals surface area contributed by atoms with Crippen molar-refractivity contribution < 1.29 is 4.39 Å². The molecule has 84 valence electrons. The van der Waals surface area contributed by atoms with Gasteiger partial charge in [-0.2, -0.15) is 0 Å². The highest BCUT2D eigenvalue weighted by Gasteiger charge is 2.07. The second-order valence-electron chi connectivity index (χ2n) is 3.47. The summed E-state index contributed by atoms with van der Waals surface area (Å²) in [5.74, 6) is 0.872. The quantitative estimate of drug-likeness (QED) is 0.596. The molecule has 0 aliphatic rings. The zero-order valence-corrected chi connectivity index (χ0v) is 9.95. The van der Waals surface area contributed by atoms with Gasteiger partial charge >= 0.3 is 0 Å². The maximum Gasteiger partial charge on any atom is 0.137 e. The van der Waals surface area contributed by atoms with Crippen LogP contribution in [0.3, 0.4) is 0 Å². The van der Waals surface area contributed by atoms with E-state index in [1.807, 2.05) is 6.07 Å². The highest BCUT2D eigenvalue weighted by atomic mass is 32.2. The van der Waals surface area contributed by atoms with E-state index < -0.39 is 0 Å². The third kappa shape index (κ3) is 3.84. The van der Waals surface area contributed by atoms with E-state index >= 15 is 0 Å². The molecular weight excluding hydrogens is 209 g/mol. The normalized spacial score (nSPS) is 10.6. The van der Waals surface area contributed by atoms with Gasteiger partial charge in [-0.25, -0.2) is 4.39 Å². The zero-order chi connectivity index (χ0) is 11.1. The Morgan fingerprint density at radius 3 is 2.87 bits per heavy atom. The Morgan fingerprint density at radius 2 is 2.20 bits per heavy atom. The molecule has 1 aromatic rings. The van der Waals surface area contributed by atoms with E-state index in [2.05, 4.69) is 6.92 Å². The van der Waals surface area contributed by atoms with Gasteiger partial charge in [0.15, 0.2) is 0 Å². The summed E-state index contributed by atoms with van der Waals surface area (Å²) >= 11 is 1.61. The lowest BCUT2D eigenvalue weighted by Crippen LogP contribution is -2.04. The molecule has 0 saturated carbocycles. The Balaban J connectivity index is 2.72. The van der Waals surface area contributed by atoms with Crippen molar-refractivity contribution in [3.63, 3.8) is 0 Å². The molecule has 0 unspecified atom stereocenters. The van der Waals surface area contributed by atoms with Gasteiger partial charge in [0.1, 0.15) is 5.82 Å². The van der Waals surface area contributed by atoms with E-state index in [9.17, 15) is 4.39 Å². The first kappa shape index (κ1) is 12.5. The summed E-state index contributed by atoms with van der Waals surface area (Å²) in [6.45, 7) is 2.72. The van der Waals surface area contributed by atoms with Crippen LogP contribution in [0.1, 0.15) is 25.3 Å². The molecule has 2 N–H and O–H groups in total. The monoisotopic (exact) mass is 227 g/mol. The van der Waals surface area contributed by atoms with Crippen LogP contribution in [0, 0.1) is 5.82 Å². The summed E-state index contributed by atoms with van der Waals surface area (Å²) in [4.78, 5) is 0.788. The zero-order valence-electron chi connectivity index (χ0n) is 9.13. The van der Waals surface area contributed by atoms with Crippen molar-refractivity contribution in [3.05, 3.63) is 29.6 Å². The van der Waals surface area contributed by atoms with Gasteiger partial charge in [-0.05, 0) is 36.8 Å². The number of rotatable bonds is 6. The Labute approximate surface area is 95.2 Å². The van der Waals surface area contributed by atoms with Gasteiger partial charge in [-0.3, -0.25) is 0 Å². The van der Waals surface area contributed by atoms with Crippen LogP contribution in [0.2, 0.25) is 0 Å². The largest absolute Gasteiger partial charge is 0.330 e. The van der Waals surface area contributed by atoms with Crippen molar-refractivity contribution >= 4 is 11.8 Å². The Kier molecular flexibility index (Phi) is 5.73. The average Bonchev–Trinajstić information content (AvgIpc) is 2.23. The standard InChI is InChI=1S/C12H18FNS/c1-2-3-9-15-12-10(7-8-14)5-4-6-11(12)13/h4-6H,2-3,7-9,14H2,1H3. The van der Waals surface area contributed by atoms with Crippen LogP contribution < -0.4 is 5.73 Å². The van der Waals surface area contributed by atoms with Gasteiger partial charge in [-0.15, -0.1) is 11.8 Å².